The number of anilines is 3. The summed E-state index contributed by atoms with van der Waals surface area (Å²) in [5, 5.41) is 3.17. The highest BCUT2D eigenvalue weighted by Gasteiger charge is 2.32. The Kier molecular flexibility index (Phi) is 9.46. The van der Waals surface area contributed by atoms with Crippen molar-refractivity contribution in [1.29, 1.82) is 0 Å². The van der Waals surface area contributed by atoms with Crippen molar-refractivity contribution in [3.63, 3.8) is 0 Å². The number of Topliss-reactive ketones (excluding diaryl/α,β-unsaturated/α-hetero) is 1. The predicted octanol–water partition coefficient (Wildman–Crippen LogP) is 6.30. The Morgan fingerprint density at radius 2 is 1.58 bits per heavy atom. The summed E-state index contributed by atoms with van der Waals surface area (Å²) in [5.74, 6) is 0.872. The molecule has 1 aromatic heterocycles. The molecule has 0 aliphatic heterocycles. The van der Waals surface area contributed by atoms with Crippen molar-refractivity contribution in [2.75, 3.05) is 23.1 Å². The monoisotopic (exact) mass is 597 g/mol. The van der Waals surface area contributed by atoms with Crippen molar-refractivity contribution in [3.8, 4) is 11.3 Å². The summed E-state index contributed by atoms with van der Waals surface area (Å²) >= 11 is 0. The molecule has 0 bridgehead atoms. The van der Waals surface area contributed by atoms with Crippen molar-refractivity contribution in [2.45, 2.75) is 43.9 Å². The van der Waals surface area contributed by atoms with Gasteiger partial charge in [0.2, 0.25) is 11.9 Å². The van der Waals surface area contributed by atoms with Gasteiger partial charge in [-0.15, -0.1) is 0 Å². The van der Waals surface area contributed by atoms with Crippen molar-refractivity contribution in [2.24, 2.45) is 5.92 Å². The fraction of sp³-hybridized carbons (Fsp3) is 0.273. The minimum atomic E-state index is -3.68. The zero-order valence-electron chi connectivity index (χ0n) is 24.1. The summed E-state index contributed by atoms with van der Waals surface area (Å²) in [6.07, 6.45) is 5.58. The standard InChI is InChI=1S/C33H35N5O4S/c1-2-22-38(32(40)26-10-11-26)23-6-9-31(39)25-14-16-27(17-15-25)35-33-34-21-20-30(36-33)24-12-18-28(19-13-24)37-43(41,42)29-7-4-3-5-8-29/h3-5,7-8,12-21,26,37H,2,6,9-11,22-23H2,1H3,(H,34,35,36). The van der Waals surface area contributed by atoms with Crippen LogP contribution in [0.1, 0.15) is 49.4 Å². The highest BCUT2D eigenvalue weighted by atomic mass is 32.2. The van der Waals surface area contributed by atoms with Gasteiger partial charge in [-0.25, -0.2) is 18.4 Å². The first kappa shape index (κ1) is 29.9. The maximum absolute atomic E-state index is 12.8. The van der Waals surface area contributed by atoms with Gasteiger partial charge in [-0.1, -0.05) is 37.3 Å². The van der Waals surface area contributed by atoms with E-state index >= 15 is 0 Å². The number of ketones is 1. The lowest BCUT2D eigenvalue weighted by atomic mass is 10.1. The van der Waals surface area contributed by atoms with Crippen LogP contribution in [0, 0.1) is 5.92 Å². The number of amides is 1. The van der Waals surface area contributed by atoms with Crippen molar-refractivity contribution < 1.29 is 18.0 Å². The van der Waals surface area contributed by atoms with Gasteiger partial charge in [0.15, 0.2) is 5.78 Å². The second-order valence-electron chi connectivity index (χ2n) is 10.6. The topological polar surface area (TPSA) is 121 Å². The Bertz CT molecular complexity index is 1660. The molecule has 222 valence electrons. The number of benzene rings is 3. The third-order valence-corrected chi connectivity index (χ3v) is 8.57. The zero-order chi connectivity index (χ0) is 30.2. The van der Waals surface area contributed by atoms with Gasteiger partial charge in [0.1, 0.15) is 0 Å². The number of carbonyl (C=O) groups is 2. The van der Waals surface area contributed by atoms with Gasteiger partial charge in [-0.05, 0) is 80.3 Å². The van der Waals surface area contributed by atoms with E-state index < -0.39 is 10.0 Å². The molecule has 1 aliphatic rings. The first-order chi connectivity index (χ1) is 20.8. The molecule has 3 aromatic carbocycles. The van der Waals surface area contributed by atoms with Gasteiger partial charge in [0.25, 0.3) is 10.0 Å². The highest BCUT2D eigenvalue weighted by molar-refractivity contribution is 7.92. The summed E-state index contributed by atoms with van der Waals surface area (Å²) in [5.41, 5.74) is 3.27. The van der Waals surface area contributed by atoms with E-state index in [0.717, 1.165) is 37.1 Å². The van der Waals surface area contributed by atoms with Crippen molar-refractivity contribution in [3.05, 3.63) is 96.7 Å². The maximum atomic E-state index is 12.8. The Hall–Kier alpha value is -4.57. The second kappa shape index (κ2) is 13.6. The largest absolute Gasteiger partial charge is 0.342 e. The average molecular weight is 598 g/mol. The maximum Gasteiger partial charge on any atom is 0.261 e. The number of sulfonamides is 1. The molecule has 1 heterocycles. The Labute approximate surface area is 252 Å². The Balaban J connectivity index is 1.15. The van der Waals surface area contributed by atoms with Crippen LogP contribution in [-0.4, -0.2) is 48.1 Å². The predicted molar refractivity (Wildman–Crippen MR) is 168 cm³/mol. The number of hydrogen-bond donors (Lipinski definition) is 2. The van der Waals surface area contributed by atoms with Gasteiger partial charge in [0.05, 0.1) is 10.6 Å². The smallest absolute Gasteiger partial charge is 0.261 e. The summed E-state index contributed by atoms with van der Waals surface area (Å²) in [4.78, 5) is 36.2. The van der Waals surface area contributed by atoms with Crippen LogP contribution in [-0.2, 0) is 14.8 Å². The van der Waals surface area contributed by atoms with Crippen LogP contribution in [0.15, 0.2) is 96.0 Å². The molecule has 1 amide bonds. The van der Waals surface area contributed by atoms with Crippen molar-refractivity contribution >= 4 is 39.0 Å². The molecule has 0 radical (unpaired) electrons. The molecule has 0 unspecified atom stereocenters. The number of carbonyl (C=O) groups excluding carboxylic acids is 2. The van der Waals surface area contributed by atoms with Gasteiger partial charge in [0, 0.05) is 54.1 Å². The van der Waals surface area contributed by atoms with E-state index in [2.05, 4.69) is 26.9 Å². The first-order valence-electron chi connectivity index (χ1n) is 14.5. The Morgan fingerprint density at radius 3 is 2.26 bits per heavy atom. The summed E-state index contributed by atoms with van der Waals surface area (Å²) in [6, 6.07) is 24.1. The molecule has 0 saturated heterocycles. The number of nitrogens with one attached hydrogen (secondary N) is 2. The molecular formula is C33H35N5O4S. The zero-order valence-corrected chi connectivity index (χ0v) is 24.9. The van der Waals surface area contributed by atoms with Crippen LogP contribution in [0.5, 0.6) is 0 Å². The molecule has 4 aromatic rings. The summed E-state index contributed by atoms with van der Waals surface area (Å²) < 4.78 is 27.8. The molecule has 5 rings (SSSR count). The first-order valence-corrected chi connectivity index (χ1v) is 16.0. The molecule has 1 saturated carbocycles. The lowest BCUT2D eigenvalue weighted by molar-refractivity contribution is -0.132. The normalized spacial score (nSPS) is 12.9. The minimum Gasteiger partial charge on any atom is -0.342 e. The van der Waals surface area contributed by atoms with Crippen LogP contribution >= 0.6 is 0 Å². The molecule has 1 fully saturated rings. The Morgan fingerprint density at radius 1 is 0.884 bits per heavy atom. The number of hydrogen-bond acceptors (Lipinski definition) is 7. The number of rotatable bonds is 14. The molecular weight excluding hydrogens is 562 g/mol. The van der Waals surface area contributed by atoms with Gasteiger partial charge >= 0.3 is 0 Å². The highest BCUT2D eigenvalue weighted by Crippen LogP contribution is 2.31. The molecule has 0 atom stereocenters. The van der Waals surface area contributed by atoms with Crippen LogP contribution in [0.4, 0.5) is 17.3 Å². The second-order valence-corrected chi connectivity index (χ2v) is 12.3. The average Bonchev–Trinajstić information content (AvgIpc) is 3.87. The van der Waals surface area contributed by atoms with Gasteiger partial charge in [-0.2, -0.15) is 0 Å². The van der Waals surface area contributed by atoms with Crippen LogP contribution in [0.3, 0.4) is 0 Å². The number of aromatic nitrogens is 2. The molecule has 2 N–H and O–H groups in total. The van der Waals surface area contributed by atoms with Crippen molar-refractivity contribution in [1.82, 2.24) is 14.9 Å². The molecule has 1 aliphatic carbocycles. The third kappa shape index (κ3) is 8.04. The van der Waals surface area contributed by atoms with E-state index in [4.69, 9.17) is 0 Å². The quantitative estimate of drug-likeness (QED) is 0.164. The molecule has 10 heteroatoms. The van der Waals surface area contributed by atoms with Crippen LogP contribution in [0.25, 0.3) is 11.3 Å². The van der Waals surface area contributed by atoms with Crippen LogP contribution < -0.4 is 10.0 Å². The van der Waals surface area contributed by atoms with E-state index in [0.29, 0.717) is 42.3 Å². The van der Waals surface area contributed by atoms with Gasteiger partial charge < -0.3 is 10.2 Å². The summed E-state index contributed by atoms with van der Waals surface area (Å²) in [7, 11) is -3.68. The lowest BCUT2D eigenvalue weighted by Crippen LogP contribution is -2.34. The third-order valence-electron chi connectivity index (χ3n) is 7.17. The van der Waals surface area contributed by atoms with Crippen LogP contribution in [0.2, 0.25) is 0 Å². The molecule has 9 nitrogen and oxygen atoms in total. The van der Waals surface area contributed by atoms with E-state index in [9.17, 15) is 18.0 Å². The van der Waals surface area contributed by atoms with E-state index in [1.54, 1.807) is 79.0 Å². The number of nitrogens with zero attached hydrogens (tertiary/aromatic N) is 3. The lowest BCUT2D eigenvalue weighted by Gasteiger charge is -2.22. The van der Waals surface area contributed by atoms with E-state index in [1.807, 2.05) is 17.0 Å². The van der Waals surface area contributed by atoms with Gasteiger partial charge in [-0.3, -0.25) is 14.3 Å². The fourth-order valence-corrected chi connectivity index (χ4v) is 5.82. The molecule has 43 heavy (non-hydrogen) atoms. The van der Waals surface area contributed by atoms with E-state index in [-0.39, 0.29) is 22.5 Å². The molecule has 0 spiro atoms. The minimum absolute atomic E-state index is 0.0506. The fourth-order valence-electron chi connectivity index (χ4n) is 4.74. The SMILES string of the molecule is CCCN(CCCC(=O)c1ccc(Nc2nccc(-c3ccc(NS(=O)(=O)c4ccccc4)cc3)n2)cc1)C(=O)C1CC1. The summed E-state index contributed by atoms with van der Waals surface area (Å²) in [6.45, 7) is 3.43. The van der Waals surface area contributed by atoms with E-state index in [1.165, 1.54) is 0 Å².